The summed E-state index contributed by atoms with van der Waals surface area (Å²) in [6.45, 7) is 6.76. The summed E-state index contributed by atoms with van der Waals surface area (Å²) in [4.78, 5) is 4.13. The van der Waals surface area contributed by atoms with Crippen LogP contribution in [0.3, 0.4) is 0 Å². The van der Waals surface area contributed by atoms with Crippen molar-refractivity contribution >= 4 is 22.1 Å². The first-order valence-electron chi connectivity index (χ1n) is 7.46. The lowest BCUT2D eigenvalue weighted by atomic mass is 10.0. The zero-order chi connectivity index (χ0) is 14.5. The first-order chi connectivity index (χ1) is 9.58. The molecule has 2 rings (SSSR count). The lowest BCUT2D eigenvalue weighted by Gasteiger charge is -2.18. The van der Waals surface area contributed by atoms with E-state index in [1.54, 1.807) is 6.20 Å². The summed E-state index contributed by atoms with van der Waals surface area (Å²) in [6.07, 6.45) is 7.34. The number of nitrogens with zero attached hydrogens (tertiary/aromatic N) is 1. The molecule has 0 spiro atoms. The molecule has 1 heterocycles. The zero-order valence-electron chi connectivity index (χ0n) is 12.7. The molecule has 0 aliphatic heterocycles. The maximum absolute atomic E-state index is 6.25. The number of pyridine rings is 1. The molecule has 3 nitrogen and oxygen atoms in total. The van der Waals surface area contributed by atoms with Crippen LogP contribution in [0.25, 0.3) is 10.8 Å². The molecule has 1 unspecified atom stereocenters. The van der Waals surface area contributed by atoms with Crippen molar-refractivity contribution in [3.63, 3.8) is 0 Å². The van der Waals surface area contributed by atoms with Gasteiger partial charge in [0.25, 0.3) is 0 Å². The van der Waals surface area contributed by atoms with Crippen molar-refractivity contribution in [2.75, 3.05) is 11.1 Å². The fourth-order valence-electron chi connectivity index (χ4n) is 2.49. The highest BCUT2D eigenvalue weighted by Crippen LogP contribution is 2.28. The van der Waals surface area contributed by atoms with Gasteiger partial charge in [0.15, 0.2) is 0 Å². The molecule has 1 atom stereocenters. The second-order valence-corrected chi connectivity index (χ2v) is 5.99. The van der Waals surface area contributed by atoms with Crippen LogP contribution in [0.1, 0.15) is 40.0 Å². The molecule has 0 fully saturated rings. The van der Waals surface area contributed by atoms with Crippen molar-refractivity contribution in [3.8, 4) is 0 Å². The first kappa shape index (κ1) is 14.6. The highest BCUT2D eigenvalue weighted by Gasteiger charge is 2.08. The van der Waals surface area contributed by atoms with Crippen LogP contribution in [0.5, 0.6) is 0 Å². The van der Waals surface area contributed by atoms with Gasteiger partial charge >= 0.3 is 0 Å². The maximum Gasteiger partial charge on any atom is 0.0630 e. The molecule has 2 aromatic rings. The molecule has 0 aliphatic rings. The third-order valence-electron chi connectivity index (χ3n) is 3.68. The lowest BCUT2D eigenvalue weighted by molar-refractivity contribution is 0.520. The van der Waals surface area contributed by atoms with Crippen molar-refractivity contribution in [1.29, 1.82) is 0 Å². The van der Waals surface area contributed by atoms with Crippen molar-refractivity contribution in [2.45, 2.75) is 46.1 Å². The van der Waals surface area contributed by atoms with Crippen LogP contribution in [0.4, 0.5) is 11.4 Å². The van der Waals surface area contributed by atoms with Gasteiger partial charge in [0, 0.05) is 29.2 Å². The van der Waals surface area contributed by atoms with Gasteiger partial charge in [0.05, 0.1) is 11.4 Å². The van der Waals surface area contributed by atoms with Crippen LogP contribution in [0.15, 0.2) is 30.6 Å². The fourth-order valence-corrected chi connectivity index (χ4v) is 2.49. The molecular weight excluding hydrogens is 246 g/mol. The Balaban J connectivity index is 2.04. The zero-order valence-corrected chi connectivity index (χ0v) is 12.7. The normalized spacial score (nSPS) is 12.8. The summed E-state index contributed by atoms with van der Waals surface area (Å²) in [5.41, 5.74) is 8.10. The van der Waals surface area contributed by atoms with Gasteiger partial charge in [-0.05, 0) is 31.4 Å². The minimum Gasteiger partial charge on any atom is -0.397 e. The van der Waals surface area contributed by atoms with Gasteiger partial charge in [0.1, 0.15) is 0 Å². The Hall–Kier alpha value is -1.77. The van der Waals surface area contributed by atoms with E-state index < -0.39 is 0 Å². The molecule has 3 heteroatoms. The van der Waals surface area contributed by atoms with Gasteiger partial charge in [-0.1, -0.05) is 32.8 Å². The predicted molar refractivity (Wildman–Crippen MR) is 87.9 cm³/mol. The predicted octanol–water partition coefficient (Wildman–Crippen LogP) is 4.44. The first-order valence-corrected chi connectivity index (χ1v) is 7.46. The fraction of sp³-hybridized carbons (Fsp3) is 0.471. The molecule has 0 radical (unpaired) electrons. The smallest absolute Gasteiger partial charge is 0.0630 e. The minimum atomic E-state index is 0.440. The number of nitrogen functional groups attached to an aromatic ring is 1. The number of nitrogens with two attached hydrogens (primary N) is 1. The summed E-state index contributed by atoms with van der Waals surface area (Å²) in [6, 6.07) is 6.54. The summed E-state index contributed by atoms with van der Waals surface area (Å²) in [5, 5.41) is 5.69. The summed E-state index contributed by atoms with van der Waals surface area (Å²) in [7, 11) is 0. The Morgan fingerprint density at radius 2 is 1.95 bits per heavy atom. The number of nitrogens with one attached hydrogen (secondary N) is 1. The number of anilines is 2. The summed E-state index contributed by atoms with van der Waals surface area (Å²) < 4.78 is 0. The average Bonchev–Trinajstić information content (AvgIpc) is 2.42. The minimum absolute atomic E-state index is 0.440. The second kappa shape index (κ2) is 6.60. The molecule has 0 bridgehead atoms. The van der Waals surface area contributed by atoms with E-state index in [-0.39, 0.29) is 0 Å². The van der Waals surface area contributed by atoms with E-state index in [4.69, 9.17) is 5.73 Å². The Morgan fingerprint density at radius 3 is 2.70 bits per heavy atom. The van der Waals surface area contributed by atoms with Crippen LogP contribution in [0.2, 0.25) is 0 Å². The van der Waals surface area contributed by atoms with Gasteiger partial charge in [-0.3, -0.25) is 4.98 Å². The van der Waals surface area contributed by atoms with Gasteiger partial charge in [0.2, 0.25) is 0 Å². The summed E-state index contributed by atoms with van der Waals surface area (Å²) >= 11 is 0. The highest BCUT2D eigenvalue weighted by atomic mass is 14.9. The monoisotopic (exact) mass is 271 g/mol. The molecule has 3 N–H and O–H groups in total. The van der Waals surface area contributed by atoms with Crippen LogP contribution >= 0.6 is 0 Å². The maximum atomic E-state index is 6.25. The lowest BCUT2D eigenvalue weighted by Crippen LogP contribution is -2.16. The van der Waals surface area contributed by atoms with Gasteiger partial charge in [-0.15, -0.1) is 0 Å². The largest absolute Gasteiger partial charge is 0.397 e. The number of benzene rings is 1. The third-order valence-corrected chi connectivity index (χ3v) is 3.68. The molecule has 0 saturated heterocycles. The molecule has 1 aromatic carbocycles. The van der Waals surface area contributed by atoms with Gasteiger partial charge < -0.3 is 11.1 Å². The Morgan fingerprint density at radius 1 is 1.15 bits per heavy atom. The number of rotatable bonds is 6. The van der Waals surface area contributed by atoms with Crippen molar-refractivity contribution < 1.29 is 0 Å². The van der Waals surface area contributed by atoms with Gasteiger partial charge in [-0.25, -0.2) is 0 Å². The molecule has 0 saturated carbocycles. The van der Waals surface area contributed by atoms with E-state index in [0.717, 1.165) is 28.1 Å². The molecule has 108 valence electrons. The molecular formula is C17H25N3. The SMILES string of the molecule is CC(C)CCCC(C)Nc1ccc2cnccc2c1N. The quantitative estimate of drug-likeness (QED) is 0.763. The van der Waals surface area contributed by atoms with Crippen molar-refractivity contribution in [3.05, 3.63) is 30.6 Å². The van der Waals surface area contributed by atoms with E-state index in [1.165, 1.54) is 19.3 Å². The second-order valence-electron chi connectivity index (χ2n) is 5.99. The van der Waals surface area contributed by atoms with Crippen LogP contribution < -0.4 is 11.1 Å². The Bertz CT molecular complexity index is 563. The Kier molecular flexibility index (Phi) is 4.83. The van der Waals surface area contributed by atoms with E-state index >= 15 is 0 Å². The molecule has 20 heavy (non-hydrogen) atoms. The standard InChI is InChI=1S/C17H25N3/c1-12(2)5-4-6-13(3)20-16-8-7-14-11-19-10-9-15(14)17(16)18/h7-13,20H,4-6,18H2,1-3H3. The number of hydrogen-bond acceptors (Lipinski definition) is 3. The van der Waals surface area contributed by atoms with Crippen molar-refractivity contribution in [1.82, 2.24) is 4.98 Å². The number of fused-ring (bicyclic) bond motifs is 1. The number of hydrogen-bond donors (Lipinski definition) is 2. The van der Waals surface area contributed by atoms with E-state index in [9.17, 15) is 0 Å². The topological polar surface area (TPSA) is 50.9 Å². The van der Waals surface area contributed by atoms with Gasteiger partial charge in [-0.2, -0.15) is 0 Å². The van der Waals surface area contributed by atoms with Crippen LogP contribution in [0, 0.1) is 5.92 Å². The molecule has 1 aromatic heterocycles. The number of aromatic nitrogens is 1. The average molecular weight is 271 g/mol. The van der Waals surface area contributed by atoms with Crippen LogP contribution in [-0.4, -0.2) is 11.0 Å². The third kappa shape index (κ3) is 3.62. The summed E-state index contributed by atoms with van der Waals surface area (Å²) in [5.74, 6) is 0.778. The Labute approximate surface area is 121 Å². The molecule has 0 amide bonds. The van der Waals surface area contributed by atoms with Crippen LogP contribution in [-0.2, 0) is 0 Å². The molecule has 0 aliphatic carbocycles. The van der Waals surface area contributed by atoms with E-state index in [2.05, 4.69) is 43.2 Å². The highest BCUT2D eigenvalue weighted by molar-refractivity contribution is 5.98. The van der Waals surface area contributed by atoms with E-state index in [1.807, 2.05) is 12.3 Å². The van der Waals surface area contributed by atoms with E-state index in [0.29, 0.717) is 6.04 Å². The van der Waals surface area contributed by atoms with Crippen molar-refractivity contribution in [2.24, 2.45) is 5.92 Å².